The van der Waals surface area contributed by atoms with Gasteiger partial charge in [-0.3, -0.25) is 0 Å². The molecule has 3 aromatic rings. The van der Waals surface area contributed by atoms with E-state index in [-0.39, 0.29) is 4.90 Å². The molecule has 0 bridgehead atoms. The van der Waals surface area contributed by atoms with Crippen LogP contribution in [0.2, 0.25) is 0 Å². The van der Waals surface area contributed by atoms with Crippen LogP contribution in [0.25, 0.3) is 5.65 Å². The second-order valence-corrected chi connectivity index (χ2v) is 7.93. The Morgan fingerprint density at radius 1 is 1.08 bits per heavy atom. The third-order valence-corrected chi connectivity index (χ3v) is 5.66. The number of hydrogen-bond acceptors (Lipinski definition) is 3. The van der Waals surface area contributed by atoms with Crippen LogP contribution in [0.1, 0.15) is 17.7 Å². The van der Waals surface area contributed by atoms with Gasteiger partial charge >= 0.3 is 0 Å². The molecule has 0 fully saturated rings. The van der Waals surface area contributed by atoms with Crippen molar-refractivity contribution >= 4 is 27.3 Å². The molecule has 0 aliphatic carbocycles. The third kappa shape index (κ3) is 4.60. The lowest BCUT2D eigenvalue weighted by Gasteiger charge is -2.07. The van der Waals surface area contributed by atoms with Crippen LogP contribution in [0.3, 0.4) is 0 Å². The van der Waals surface area contributed by atoms with Crippen LogP contribution in [0.15, 0.2) is 59.8 Å². The Morgan fingerprint density at radius 2 is 1.88 bits per heavy atom. The van der Waals surface area contributed by atoms with E-state index < -0.39 is 10.0 Å². The fraction of sp³-hybridized carbons (Fsp3) is 0.278. The van der Waals surface area contributed by atoms with E-state index in [9.17, 15) is 8.42 Å². The number of fused-ring (bicyclic) bond motifs is 1. The Hall–Kier alpha value is -1.89. The molecule has 0 atom stereocenters. The summed E-state index contributed by atoms with van der Waals surface area (Å²) in [5, 5.41) is 0. The molecule has 0 spiro atoms. The molecule has 0 aliphatic heterocycles. The van der Waals surface area contributed by atoms with Crippen molar-refractivity contribution in [2.75, 3.05) is 12.4 Å². The Labute approximate surface area is 152 Å². The average Bonchev–Trinajstić information content (AvgIpc) is 3.03. The van der Waals surface area contributed by atoms with Gasteiger partial charge in [-0.15, -0.1) is 11.6 Å². The van der Waals surface area contributed by atoms with Crippen LogP contribution < -0.4 is 4.72 Å². The van der Waals surface area contributed by atoms with Crippen molar-refractivity contribution in [1.29, 1.82) is 0 Å². The molecule has 0 unspecified atom stereocenters. The SMILES string of the molecule is O=S(=O)(NCCc1cn2ccccc2n1)c1ccc(CCCCl)cc1. The molecule has 2 heterocycles. The Balaban J connectivity index is 1.59. The number of halogens is 1. The monoisotopic (exact) mass is 377 g/mol. The number of aryl methyl sites for hydroxylation is 1. The van der Waals surface area contributed by atoms with Gasteiger partial charge in [-0.25, -0.2) is 18.1 Å². The number of nitrogens with zero attached hydrogens (tertiary/aromatic N) is 2. The lowest BCUT2D eigenvalue weighted by atomic mass is 10.1. The first-order valence-electron chi connectivity index (χ1n) is 8.16. The summed E-state index contributed by atoms with van der Waals surface area (Å²) >= 11 is 5.68. The molecule has 1 aromatic carbocycles. The zero-order chi connectivity index (χ0) is 17.7. The fourth-order valence-corrected chi connectivity index (χ4v) is 3.78. The van der Waals surface area contributed by atoms with Gasteiger partial charge in [-0.1, -0.05) is 18.2 Å². The van der Waals surface area contributed by atoms with Crippen LogP contribution in [-0.2, 0) is 22.9 Å². The normalized spacial score (nSPS) is 11.9. The molecular formula is C18H20ClN3O2S. The summed E-state index contributed by atoms with van der Waals surface area (Å²) in [5.41, 5.74) is 2.79. The highest BCUT2D eigenvalue weighted by Gasteiger charge is 2.13. The lowest BCUT2D eigenvalue weighted by molar-refractivity contribution is 0.581. The zero-order valence-electron chi connectivity index (χ0n) is 13.7. The highest BCUT2D eigenvalue weighted by Crippen LogP contribution is 2.12. The van der Waals surface area contributed by atoms with Gasteiger partial charge in [0.15, 0.2) is 0 Å². The number of sulfonamides is 1. The topological polar surface area (TPSA) is 63.5 Å². The maximum atomic E-state index is 12.4. The highest BCUT2D eigenvalue weighted by molar-refractivity contribution is 7.89. The van der Waals surface area contributed by atoms with E-state index in [4.69, 9.17) is 11.6 Å². The van der Waals surface area contributed by atoms with Crippen molar-refractivity contribution in [3.8, 4) is 0 Å². The standard InChI is InChI=1S/C18H20ClN3O2S/c19-11-3-4-15-6-8-17(9-7-15)25(23,24)20-12-10-16-14-22-13-2-1-5-18(22)21-16/h1-2,5-9,13-14,20H,3-4,10-12H2. The first-order valence-corrected chi connectivity index (χ1v) is 10.2. The third-order valence-electron chi connectivity index (χ3n) is 3.92. The molecule has 0 radical (unpaired) electrons. The summed E-state index contributed by atoms with van der Waals surface area (Å²) in [5.74, 6) is 0.602. The molecule has 0 saturated heterocycles. The maximum Gasteiger partial charge on any atom is 0.240 e. The van der Waals surface area contributed by atoms with Crippen LogP contribution in [0.5, 0.6) is 0 Å². The number of hydrogen-bond donors (Lipinski definition) is 1. The van der Waals surface area contributed by atoms with E-state index >= 15 is 0 Å². The summed E-state index contributed by atoms with van der Waals surface area (Å²) in [6.45, 7) is 0.306. The minimum absolute atomic E-state index is 0.275. The second kappa shape index (κ2) is 7.99. The van der Waals surface area contributed by atoms with Crippen molar-refractivity contribution in [3.63, 3.8) is 0 Å². The fourth-order valence-electron chi connectivity index (χ4n) is 2.61. The minimum Gasteiger partial charge on any atom is -0.307 e. The van der Waals surface area contributed by atoms with E-state index in [2.05, 4.69) is 9.71 Å². The van der Waals surface area contributed by atoms with Crippen LogP contribution in [0, 0.1) is 0 Å². The van der Waals surface area contributed by atoms with Gasteiger partial charge in [-0.05, 0) is 42.7 Å². The summed E-state index contributed by atoms with van der Waals surface area (Å²) in [7, 11) is -3.51. The molecule has 3 rings (SSSR count). The first kappa shape index (κ1) is 17.9. The molecule has 2 aromatic heterocycles. The number of rotatable bonds is 8. The van der Waals surface area contributed by atoms with E-state index in [1.807, 2.05) is 47.1 Å². The van der Waals surface area contributed by atoms with Gasteiger partial charge in [-0.2, -0.15) is 0 Å². The lowest BCUT2D eigenvalue weighted by Crippen LogP contribution is -2.26. The van der Waals surface area contributed by atoms with Crippen LogP contribution in [0.4, 0.5) is 0 Å². The molecular weight excluding hydrogens is 358 g/mol. The molecule has 0 amide bonds. The van der Waals surface area contributed by atoms with Crippen molar-refractivity contribution in [2.45, 2.75) is 24.2 Å². The van der Waals surface area contributed by atoms with Gasteiger partial charge in [0.2, 0.25) is 10.0 Å². The minimum atomic E-state index is -3.51. The molecule has 0 aliphatic rings. The van der Waals surface area contributed by atoms with E-state index in [0.29, 0.717) is 18.8 Å². The number of benzene rings is 1. The van der Waals surface area contributed by atoms with E-state index in [1.54, 1.807) is 12.1 Å². The van der Waals surface area contributed by atoms with E-state index in [1.165, 1.54) is 0 Å². The maximum absolute atomic E-state index is 12.4. The van der Waals surface area contributed by atoms with E-state index in [0.717, 1.165) is 29.7 Å². The van der Waals surface area contributed by atoms with Crippen molar-refractivity contribution in [3.05, 3.63) is 66.1 Å². The van der Waals surface area contributed by atoms with Gasteiger partial charge < -0.3 is 4.40 Å². The molecule has 7 heteroatoms. The number of nitrogens with one attached hydrogen (secondary N) is 1. The van der Waals surface area contributed by atoms with Gasteiger partial charge in [0.1, 0.15) is 5.65 Å². The molecule has 0 saturated carbocycles. The summed E-state index contributed by atoms with van der Waals surface area (Å²) in [4.78, 5) is 4.74. The average molecular weight is 378 g/mol. The molecule has 25 heavy (non-hydrogen) atoms. The zero-order valence-corrected chi connectivity index (χ0v) is 15.3. The van der Waals surface area contributed by atoms with Crippen molar-refractivity contribution in [2.24, 2.45) is 0 Å². The Morgan fingerprint density at radius 3 is 2.60 bits per heavy atom. The van der Waals surface area contributed by atoms with Crippen LogP contribution in [-0.4, -0.2) is 30.2 Å². The molecule has 132 valence electrons. The van der Waals surface area contributed by atoms with Crippen LogP contribution >= 0.6 is 11.6 Å². The molecule has 5 nitrogen and oxygen atoms in total. The number of imidazole rings is 1. The smallest absolute Gasteiger partial charge is 0.240 e. The van der Waals surface area contributed by atoms with Gasteiger partial charge in [0.05, 0.1) is 10.6 Å². The van der Waals surface area contributed by atoms with Gasteiger partial charge in [0.25, 0.3) is 0 Å². The largest absolute Gasteiger partial charge is 0.307 e. The second-order valence-electron chi connectivity index (χ2n) is 5.78. The Bertz CT molecular complexity index is 903. The predicted octanol–water partition coefficient (Wildman–Crippen LogP) is 3.03. The predicted molar refractivity (Wildman–Crippen MR) is 99.6 cm³/mol. The summed E-state index contributed by atoms with van der Waals surface area (Å²) in [6.07, 6.45) is 6.10. The van der Waals surface area contributed by atoms with Crippen molar-refractivity contribution < 1.29 is 8.42 Å². The van der Waals surface area contributed by atoms with Crippen molar-refractivity contribution in [1.82, 2.24) is 14.1 Å². The highest BCUT2D eigenvalue weighted by atomic mass is 35.5. The number of aromatic nitrogens is 2. The first-order chi connectivity index (χ1) is 12.1. The number of alkyl halides is 1. The molecule has 1 N–H and O–H groups in total. The summed E-state index contributed by atoms with van der Waals surface area (Å²) in [6, 6.07) is 12.7. The summed E-state index contributed by atoms with van der Waals surface area (Å²) < 4.78 is 29.3. The number of pyridine rings is 1. The van der Waals surface area contributed by atoms with Gasteiger partial charge in [0, 0.05) is 31.2 Å². The Kier molecular flexibility index (Phi) is 5.73. The quantitative estimate of drug-likeness (QED) is 0.614.